The highest BCUT2D eigenvalue weighted by Gasteiger charge is 2.16. The van der Waals surface area contributed by atoms with Gasteiger partial charge in [0.1, 0.15) is 4.21 Å². The van der Waals surface area contributed by atoms with E-state index >= 15 is 0 Å². The van der Waals surface area contributed by atoms with Crippen molar-refractivity contribution in [2.75, 3.05) is 11.9 Å². The number of rotatable bonds is 7. The lowest BCUT2D eigenvalue weighted by molar-refractivity contribution is -0.115. The van der Waals surface area contributed by atoms with Gasteiger partial charge in [-0.2, -0.15) is 0 Å². The molecule has 0 saturated carbocycles. The quantitative estimate of drug-likeness (QED) is 0.570. The van der Waals surface area contributed by atoms with Gasteiger partial charge in [0.25, 0.3) is 10.0 Å². The minimum absolute atomic E-state index is 0.177. The minimum Gasteiger partial charge on any atom is -0.325 e. The van der Waals surface area contributed by atoms with Crippen LogP contribution in [0, 0.1) is 0 Å². The van der Waals surface area contributed by atoms with Gasteiger partial charge in [0.05, 0.1) is 11.6 Å². The normalized spacial score (nSPS) is 11.3. The Morgan fingerprint density at radius 1 is 1.04 bits per heavy atom. The molecule has 0 radical (unpaired) electrons. The van der Waals surface area contributed by atoms with Crippen molar-refractivity contribution < 1.29 is 13.2 Å². The van der Waals surface area contributed by atoms with Crippen molar-refractivity contribution >= 4 is 56.3 Å². The predicted octanol–water partition coefficient (Wildman–Crippen LogP) is 4.47. The average molecular weight is 439 g/mol. The van der Waals surface area contributed by atoms with Gasteiger partial charge in [-0.25, -0.2) is 13.1 Å². The molecule has 1 amide bonds. The first-order valence-corrected chi connectivity index (χ1v) is 11.4. The van der Waals surface area contributed by atoms with E-state index in [0.717, 1.165) is 21.1 Å². The van der Waals surface area contributed by atoms with E-state index in [-0.39, 0.29) is 10.8 Å². The fourth-order valence-corrected chi connectivity index (χ4v) is 5.22. The number of thiophene rings is 1. The lowest BCUT2D eigenvalue weighted by Crippen LogP contribution is -2.32. The minimum atomic E-state index is -3.66. The maximum Gasteiger partial charge on any atom is 0.250 e. The molecule has 9 heteroatoms. The molecule has 2 N–H and O–H groups in total. The zero-order valence-corrected chi connectivity index (χ0v) is 17.1. The molecule has 0 spiro atoms. The van der Waals surface area contributed by atoms with Crippen molar-refractivity contribution in [2.45, 2.75) is 14.0 Å². The van der Waals surface area contributed by atoms with Gasteiger partial charge in [0.2, 0.25) is 5.91 Å². The summed E-state index contributed by atoms with van der Waals surface area (Å²) in [7, 11) is -3.66. The van der Waals surface area contributed by atoms with Crippen molar-refractivity contribution in [1.82, 2.24) is 4.72 Å². The second-order valence-electron chi connectivity index (χ2n) is 5.36. The molecule has 3 rings (SSSR count). The van der Waals surface area contributed by atoms with E-state index in [9.17, 15) is 13.2 Å². The smallest absolute Gasteiger partial charge is 0.250 e. The first-order valence-electron chi connectivity index (χ1n) is 7.79. The second kappa shape index (κ2) is 8.90. The van der Waals surface area contributed by atoms with E-state index < -0.39 is 15.9 Å². The number of halogens is 1. The van der Waals surface area contributed by atoms with E-state index in [0.29, 0.717) is 10.7 Å². The highest BCUT2D eigenvalue weighted by molar-refractivity contribution is 7.99. The molecule has 140 valence electrons. The Morgan fingerprint density at radius 3 is 2.44 bits per heavy atom. The topological polar surface area (TPSA) is 75.3 Å². The average Bonchev–Trinajstić information content (AvgIpc) is 3.19. The lowest BCUT2D eigenvalue weighted by atomic mass is 10.3. The third-order valence-corrected chi connectivity index (χ3v) is 7.71. The molecule has 1 heterocycles. The zero-order valence-electron chi connectivity index (χ0n) is 13.9. The summed E-state index contributed by atoms with van der Waals surface area (Å²) in [6.07, 6.45) is 0. The van der Waals surface area contributed by atoms with Crippen LogP contribution >= 0.6 is 34.7 Å². The maximum absolute atomic E-state index is 12.0. The first kappa shape index (κ1) is 19.9. The number of benzene rings is 2. The Kier molecular flexibility index (Phi) is 6.56. The van der Waals surface area contributed by atoms with Crippen LogP contribution in [-0.2, 0) is 14.8 Å². The Hall–Kier alpha value is -1.84. The number of hydrogen-bond acceptors (Lipinski definition) is 5. The Balaban J connectivity index is 1.55. The SMILES string of the molecule is O=C(CNS(=O)(=O)c1cccs1)Nc1ccc(Sc2ccccc2Cl)cc1. The summed E-state index contributed by atoms with van der Waals surface area (Å²) in [5.41, 5.74) is 0.582. The van der Waals surface area contributed by atoms with E-state index in [2.05, 4.69) is 10.0 Å². The molecule has 0 aliphatic carbocycles. The number of nitrogens with one attached hydrogen (secondary N) is 2. The number of sulfonamides is 1. The summed E-state index contributed by atoms with van der Waals surface area (Å²) in [6.45, 7) is -0.337. The highest BCUT2D eigenvalue weighted by Crippen LogP contribution is 2.33. The molecule has 0 atom stereocenters. The molecule has 0 aliphatic heterocycles. The number of anilines is 1. The molecule has 3 aromatic rings. The molecular weight excluding hydrogens is 424 g/mol. The third kappa shape index (κ3) is 5.57. The molecule has 0 saturated heterocycles. The summed E-state index contributed by atoms with van der Waals surface area (Å²) < 4.78 is 26.5. The Labute approximate surface area is 170 Å². The second-order valence-corrected chi connectivity index (χ2v) is 9.83. The van der Waals surface area contributed by atoms with Crippen LogP contribution in [0.2, 0.25) is 5.02 Å². The molecule has 1 aromatic heterocycles. The van der Waals surface area contributed by atoms with Gasteiger partial charge in [-0.15, -0.1) is 11.3 Å². The summed E-state index contributed by atoms with van der Waals surface area (Å²) in [5, 5.41) is 5.01. The number of carbonyl (C=O) groups excluding carboxylic acids is 1. The monoisotopic (exact) mass is 438 g/mol. The van der Waals surface area contributed by atoms with Crippen molar-refractivity contribution in [3.8, 4) is 0 Å². The molecule has 0 unspecified atom stereocenters. The summed E-state index contributed by atoms with van der Waals surface area (Å²) >= 11 is 8.76. The van der Waals surface area contributed by atoms with Crippen LogP contribution in [0.3, 0.4) is 0 Å². The van der Waals surface area contributed by atoms with Gasteiger partial charge in [0, 0.05) is 15.5 Å². The van der Waals surface area contributed by atoms with Crippen molar-refractivity contribution in [3.63, 3.8) is 0 Å². The Morgan fingerprint density at radius 2 is 1.78 bits per heavy atom. The van der Waals surface area contributed by atoms with Gasteiger partial charge in [0.15, 0.2) is 0 Å². The molecule has 5 nitrogen and oxygen atoms in total. The largest absolute Gasteiger partial charge is 0.325 e. The zero-order chi connectivity index (χ0) is 19.3. The molecule has 0 bridgehead atoms. The van der Waals surface area contributed by atoms with Gasteiger partial charge < -0.3 is 5.32 Å². The summed E-state index contributed by atoms with van der Waals surface area (Å²) in [6, 6.07) is 17.9. The van der Waals surface area contributed by atoms with E-state index in [1.165, 1.54) is 17.8 Å². The van der Waals surface area contributed by atoms with Crippen LogP contribution in [0.15, 0.2) is 80.0 Å². The van der Waals surface area contributed by atoms with Gasteiger partial charge >= 0.3 is 0 Å². The van der Waals surface area contributed by atoms with Crippen LogP contribution in [0.5, 0.6) is 0 Å². The standard InChI is InChI=1S/C18H15ClN2O3S3/c19-15-4-1-2-5-16(15)26-14-9-7-13(8-10-14)21-17(22)12-20-27(23,24)18-6-3-11-25-18/h1-11,20H,12H2,(H,21,22). The predicted molar refractivity (Wildman–Crippen MR) is 110 cm³/mol. The lowest BCUT2D eigenvalue weighted by Gasteiger charge is -2.08. The maximum atomic E-state index is 12.0. The fourth-order valence-electron chi connectivity index (χ4n) is 2.11. The number of amides is 1. The van der Waals surface area contributed by atoms with Crippen molar-refractivity contribution in [1.29, 1.82) is 0 Å². The molecule has 0 aliphatic rings. The van der Waals surface area contributed by atoms with Gasteiger partial charge in [-0.05, 0) is 47.8 Å². The van der Waals surface area contributed by atoms with Crippen LogP contribution in [0.1, 0.15) is 0 Å². The third-order valence-electron chi connectivity index (χ3n) is 3.39. The van der Waals surface area contributed by atoms with Crippen LogP contribution in [-0.4, -0.2) is 20.9 Å². The highest BCUT2D eigenvalue weighted by atomic mass is 35.5. The van der Waals surface area contributed by atoms with E-state index in [1.807, 2.05) is 36.4 Å². The number of carbonyl (C=O) groups is 1. The van der Waals surface area contributed by atoms with Crippen molar-refractivity contribution in [2.24, 2.45) is 0 Å². The van der Waals surface area contributed by atoms with Crippen LogP contribution in [0.4, 0.5) is 5.69 Å². The summed E-state index contributed by atoms with van der Waals surface area (Å²) in [5.74, 6) is -0.443. The fraction of sp³-hybridized carbons (Fsp3) is 0.0556. The number of hydrogen-bond donors (Lipinski definition) is 2. The first-order chi connectivity index (χ1) is 12.9. The van der Waals surface area contributed by atoms with Crippen molar-refractivity contribution in [3.05, 3.63) is 71.1 Å². The molecular formula is C18H15ClN2O3S3. The molecule has 27 heavy (non-hydrogen) atoms. The molecule has 2 aromatic carbocycles. The summed E-state index contributed by atoms with van der Waals surface area (Å²) in [4.78, 5) is 13.9. The van der Waals surface area contributed by atoms with Gasteiger partial charge in [-0.1, -0.05) is 41.6 Å². The van der Waals surface area contributed by atoms with E-state index in [1.54, 1.807) is 23.6 Å². The van der Waals surface area contributed by atoms with E-state index in [4.69, 9.17) is 11.6 Å². The Bertz CT molecular complexity index is 1020. The van der Waals surface area contributed by atoms with Crippen LogP contribution in [0.25, 0.3) is 0 Å². The van der Waals surface area contributed by atoms with Gasteiger partial charge in [-0.3, -0.25) is 4.79 Å². The van der Waals surface area contributed by atoms with Crippen LogP contribution < -0.4 is 10.0 Å². The molecule has 0 fully saturated rings.